The molecular weight excluding hydrogens is 188 g/mol. The quantitative estimate of drug-likeness (QED) is 0.562. The molecule has 0 aliphatic heterocycles. The normalized spacial score (nSPS) is 10.9. The number of phenols is 1. The van der Waals surface area contributed by atoms with Crippen LogP contribution >= 0.6 is 0 Å². The maximum absolute atomic E-state index is 9.77. The topological polar surface area (TPSA) is 46.0 Å². The molecule has 3 aromatic rings. The van der Waals surface area contributed by atoms with Crippen LogP contribution in [0.25, 0.3) is 21.8 Å². The van der Waals surface area contributed by atoms with Gasteiger partial charge in [-0.2, -0.15) is 0 Å². The van der Waals surface area contributed by atoms with E-state index >= 15 is 0 Å². The Morgan fingerprint density at radius 3 is 2.53 bits per heavy atom. The number of nitrogens with zero attached hydrogens (tertiary/aromatic N) is 2. The molecular formula is C12H8N2O. The predicted molar refractivity (Wildman–Crippen MR) is 58.7 cm³/mol. The zero-order valence-corrected chi connectivity index (χ0v) is 7.88. The molecule has 0 aliphatic rings. The first kappa shape index (κ1) is 8.17. The van der Waals surface area contributed by atoms with E-state index < -0.39 is 0 Å². The van der Waals surface area contributed by atoms with E-state index in [1.165, 1.54) is 0 Å². The van der Waals surface area contributed by atoms with Gasteiger partial charge in [0.2, 0.25) is 0 Å². The Kier molecular flexibility index (Phi) is 1.59. The number of benzene rings is 2. The molecule has 0 fully saturated rings. The summed E-state index contributed by atoms with van der Waals surface area (Å²) in [6.07, 6.45) is 3.21. The van der Waals surface area contributed by atoms with E-state index in [4.69, 9.17) is 0 Å². The van der Waals surface area contributed by atoms with Crippen molar-refractivity contribution in [2.24, 2.45) is 0 Å². The summed E-state index contributed by atoms with van der Waals surface area (Å²) in [5, 5.41) is 11.8. The van der Waals surface area contributed by atoms with Crippen LogP contribution in [0.1, 0.15) is 0 Å². The van der Waals surface area contributed by atoms with Crippen molar-refractivity contribution < 1.29 is 5.11 Å². The van der Waals surface area contributed by atoms with Crippen LogP contribution < -0.4 is 0 Å². The lowest BCUT2D eigenvalue weighted by Crippen LogP contribution is -1.85. The van der Waals surface area contributed by atoms with Gasteiger partial charge in [0.15, 0.2) is 0 Å². The van der Waals surface area contributed by atoms with Gasteiger partial charge in [-0.3, -0.25) is 4.98 Å². The van der Waals surface area contributed by atoms with E-state index in [1.54, 1.807) is 18.5 Å². The Balaban J connectivity index is 2.64. The van der Waals surface area contributed by atoms with E-state index in [0.29, 0.717) is 5.52 Å². The van der Waals surface area contributed by atoms with Gasteiger partial charge < -0.3 is 5.11 Å². The largest absolute Gasteiger partial charge is 0.506 e. The number of rotatable bonds is 0. The molecule has 1 heterocycles. The average molecular weight is 196 g/mol. The fourth-order valence-electron chi connectivity index (χ4n) is 1.78. The molecule has 72 valence electrons. The molecule has 3 nitrogen and oxygen atoms in total. The molecule has 15 heavy (non-hydrogen) atoms. The zero-order chi connectivity index (χ0) is 10.3. The van der Waals surface area contributed by atoms with Crippen molar-refractivity contribution in [2.75, 3.05) is 0 Å². The smallest absolute Gasteiger partial charge is 0.144 e. The first-order valence-corrected chi connectivity index (χ1v) is 4.68. The summed E-state index contributed by atoms with van der Waals surface area (Å²) >= 11 is 0. The molecule has 0 radical (unpaired) electrons. The van der Waals surface area contributed by atoms with Crippen LogP contribution in [0.5, 0.6) is 5.75 Å². The average Bonchev–Trinajstić information content (AvgIpc) is 2.30. The maximum Gasteiger partial charge on any atom is 0.144 e. The van der Waals surface area contributed by atoms with Crippen LogP contribution in [-0.4, -0.2) is 15.1 Å². The standard InChI is InChI=1S/C12H8N2O/c15-10-7-8-3-1-2-4-9(8)11-12(10)14-6-5-13-11/h1-7,15H. The monoisotopic (exact) mass is 196 g/mol. The van der Waals surface area contributed by atoms with Gasteiger partial charge in [-0.1, -0.05) is 24.3 Å². The second-order valence-corrected chi connectivity index (χ2v) is 3.37. The summed E-state index contributed by atoms with van der Waals surface area (Å²) in [4.78, 5) is 8.37. The fraction of sp³-hybridized carbons (Fsp3) is 0. The molecule has 0 spiro atoms. The lowest BCUT2D eigenvalue weighted by atomic mass is 10.1. The molecule has 3 heteroatoms. The van der Waals surface area contributed by atoms with Gasteiger partial charge in [-0.05, 0) is 11.5 Å². The Bertz CT molecular complexity index is 649. The van der Waals surface area contributed by atoms with Crippen molar-refractivity contribution in [2.45, 2.75) is 0 Å². The highest BCUT2D eigenvalue weighted by atomic mass is 16.3. The van der Waals surface area contributed by atoms with Gasteiger partial charge >= 0.3 is 0 Å². The minimum Gasteiger partial charge on any atom is -0.506 e. The number of phenolic OH excluding ortho intramolecular Hbond substituents is 1. The fourth-order valence-corrected chi connectivity index (χ4v) is 1.78. The van der Waals surface area contributed by atoms with Crippen LogP contribution in [0, 0.1) is 0 Å². The summed E-state index contributed by atoms with van der Waals surface area (Å²) in [5.74, 6) is 0.178. The summed E-state index contributed by atoms with van der Waals surface area (Å²) in [5.41, 5.74) is 1.30. The molecule has 0 saturated carbocycles. The molecule has 2 aromatic carbocycles. The van der Waals surface area contributed by atoms with Gasteiger partial charge in [0.25, 0.3) is 0 Å². The van der Waals surface area contributed by atoms with E-state index in [1.807, 2.05) is 24.3 Å². The number of aromatic nitrogens is 2. The minimum absolute atomic E-state index is 0.178. The number of hydrogen-bond donors (Lipinski definition) is 1. The Hall–Kier alpha value is -2.16. The van der Waals surface area contributed by atoms with Crippen molar-refractivity contribution in [3.8, 4) is 5.75 Å². The van der Waals surface area contributed by atoms with Crippen molar-refractivity contribution >= 4 is 21.8 Å². The molecule has 0 unspecified atom stereocenters. The van der Waals surface area contributed by atoms with Gasteiger partial charge in [0, 0.05) is 17.8 Å². The van der Waals surface area contributed by atoms with Crippen molar-refractivity contribution in [3.63, 3.8) is 0 Å². The number of aromatic hydroxyl groups is 1. The summed E-state index contributed by atoms with van der Waals surface area (Å²) in [6.45, 7) is 0. The number of fused-ring (bicyclic) bond motifs is 3. The Morgan fingerprint density at radius 1 is 0.933 bits per heavy atom. The van der Waals surface area contributed by atoms with E-state index in [9.17, 15) is 5.11 Å². The van der Waals surface area contributed by atoms with Crippen LogP contribution in [0.2, 0.25) is 0 Å². The molecule has 0 bridgehead atoms. The van der Waals surface area contributed by atoms with E-state index in [2.05, 4.69) is 9.97 Å². The Labute approximate surface area is 86.0 Å². The number of hydrogen-bond acceptors (Lipinski definition) is 3. The molecule has 1 N–H and O–H groups in total. The van der Waals surface area contributed by atoms with Crippen LogP contribution in [0.3, 0.4) is 0 Å². The molecule has 3 rings (SSSR count). The second-order valence-electron chi connectivity index (χ2n) is 3.37. The SMILES string of the molecule is Oc1cc2ccccc2c2nccnc12. The minimum atomic E-state index is 0.178. The third-order valence-electron chi connectivity index (χ3n) is 2.45. The van der Waals surface area contributed by atoms with Gasteiger partial charge in [-0.15, -0.1) is 0 Å². The van der Waals surface area contributed by atoms with Crippen LogP contribution in [0.4, 0.5) is 0 Å². The summed E-state index contributed by atoms with van der Waals surface area (Å²) in [7, 11) is 0. The summed E-state index contributed by atoms with van der Waals surface area (Å²) < 4.78 is 0. The maximum atomic E-state index is 9.77. The van der Waals surface area contributed by atoms with Gasteiger partial charge in [0.1, 0.15) is 16.8 Å². The van der Waals surface area contributed by atoms with Crippen LogP contribution in [0.15, 0.2) is 42.7 Å². The van der Waals surface area contributed by atoms with Crippen LogP contribution in [-0.2, 0) is 0 Å². The Morgan fingerprint density at radius 2 is 1.67 bits per heavy atom. The predicted octanol–water partition coefficient (Wildman–Crippen LogP) is 2.49. The molecule has 0 saturated heterocycles. The third-order valence-corrected chi connectivity index (χ3v) is 2.45. The van der Waals surface area contributed by atoms with Gasteiger partial charge in [0.05, 0.1) is 0 Å². The van der Waals surface area contributed by atoms with E-state index in [-0.39, 0.29) is 5.75 Å². The zero-order valence-electron chi connectivity index (χ0n) is 7.88. The highest BCUT2D eigenvalue weighted by molar-refractivity contribution is 6.06. The first-order chi connectivity index (χ1) is 7.36. The van der Waals surface area contributed by atoms with Gasteiger partial charge in [-0.25, -0.2) is 4.98 Å². The summed E-state index contributed by atoms with van der Waals surface area (Å²) in [6, 6.07) is 9.53. The van der Waals surface area contributed by atoms with E-state index in [0.717, 1.165) is 16.3 Å². The first-order valence-electron chi connectivity index (χ1n) is 4.68. The lowest BCUT2D eigenvalue weighted by Gasteiger charge is -2.03. The molecule has 1 aromatic heterocycles. The molecule has 0 aliphatic carbocycles. The highest BCUT2D eigenvalue weighted by Crippen LogP contribution is 2.29. The van der Waals surface area contributed by atoms with Crippen molar-refractivity contribution in [1.29, 1.82) is 0 Å². The molecule has 0 atom stereocenters. The highest BCUT2D eigenvalue weighted by Gasteiger charge is 2.06. The molecule has 0 amide bonds. The third kappa shape index (κ3) is 1.13. The second kappa shape index (κ2) is 2.92. The van der Waals surface area contributed by atoms with Crippen molar-refractivity contribution in [3.05, 3.63) is 42.7 Å². The lowest BCUT2D eigenvalue weighted by molar-refractivity contribution is 0.481. The van der Waals surface area contributed by atoms with Crippen molar-refractivity contribution in [1.82, 2.24) is 9.97 Å².